The summed E-state index contributed by atoms with van der Waals surface area (Å²) in [6, 6.07) is 4.13. The van der Waals surface area contributed by atoms with Crippen LogP contribution in [-0.2, 0) is 20.9 Å². The molecule has 7 heteroatoms. The number of benzene rings is 1. The van der Waals surface area contributed by atoms with Crippen LogP contribution in [0.4, 0.5) is 5.69 Å². The molecule has 6 nitrogen and oxygen atoms in total. The second kappa shape index (κ2) is 6.79. The van der Waals surface area contributed by atoms with Crippen LogP contribution in [0.5, 0.6) is 0 Å². The molecule has 1 aliphatic rings. The van der Waals surface area contributed by atoms with Crippen molar-refractivity contribution >= 4 is 35.0 Å². The third-order valence-corrected chi connectivity index (χ3v) is 3.88. The van der Waals surface area contributed by atoms with Crippen LogP contribution in [0.1, 0.15) is 31.7 Å². The number of rotatable bonds is 5. The highest BCUT2D eigenvalue weighted by atomic mass is 35.5. The predicted molar refractivity (Wildman–Crippen MR) is 83.1 cm³/mol. The second-order valence-electron chi connectivity index (χ2n) is 5.25. The summed E-state index contributed by atoms with van der Waals surface area (Å²) in [5.41, 5.74) is 6.62. The molecule has 0 unspecified atom stereocenters. The van der Waals surface area contributed by atoms with E-state index in [1.165, 1.54) is 4.90 Å². The predicted octanol–water partition coefficient (Wildman–Crippen LogP) is 1.66. The summed E-state index contributed by atoms with van der Waals surface area (Å²) in [5, 5.41) is 3.03. The molecule has 118 valence electrons. The van der Waals surface area contributed by atoms with E-state index in [-0.39, 0.29) is 6.54 Å². The van der Waals surface area contributed by atoms with Gasteiger partial charge in [-0.1, -0.05) is 31.4 Å². The number of halogens is 1. The maximum atomic E-state index is 12.3. The Bertz CT molecular complexity index is 618. The van der Waals surface area contributed by atoms with E-state index >= 15 is 0 Å². The molecule has 1 heterocycles. The molecular formula is C15H18ClN3O3. The first-order chi connectivity index (χ1) is 10.4. The standard InChI is InChI=1S/C15H18ClN3O3/c1-2-3-4-12(13(17)20)19-8-9-7-10(16)5-6-11(9)18-14(21)15(19)22/h5-7,12H,2-4,8H2,1H3,(H2,17,20)(H,18,21)/t12-/m1/s1. The molecule has 0 bridgehead atoms. The number of carbonyl (C=O) groups excluding carboxylic acids is 3. The van der Waals surface area contributed by atoms with Crippen LogP contribution in [0.2, 0.25) is 5.02 Å². The molecule has 0 aliphatic carbocycles. The number of nitrogens with two attached hydrogens (primary N) is 1. The summed E-state index contributed by atoms with van der Waals surface area (Å²) >= 11 is 5.97. The van der Waals surface area contributed by atoms with Gasteiger partial charge in [-0.05, 0) is 30.2 Å². The zero-order valence-corrected chi connectivity index (χ0v) is 13.0. The molecule has 0 saturated heterocycles. The van der Waals surface area contributed by atoms with Gasteiger partial charge in [0.15, 0.2) is 0 Å². The van der Waals surface area contributed by atoms with E-state index in [9.17, 15) is 14.4 Å². The van der Waals surface area contributed by atoms with E-state index in [1.54, 1.807) is 18.2 Å². The lowest BCUT2D eigenvalue weighted by atomic mass is 10.1. The molecule has 0 spiro atoms. The number of unbranched alkanes of at least 4 members (excludes halogenated alkanes) is 1. The first-order valence-corrected chi connectivity index (χ1v) is 7.51. The maximum Gasteiger partial charge on any atom is 0.313 e. The summed E-state index contributed by atoms with van der Waals surface area (Å²) < 4.78 is 0. The van der Waals surface area contributed by atoms with Gasteiger partial charge < -0.3 is 16.0 Å². The van der Waals surface area contributed by atoms with Crippen molar-refractivity contribution in [3.63, 3.8) is 0 Å². The molecule has 22 heavy (non-hydrogen) atoms. The normalized spacial score (nSPS) is 15.8. The highest BCUT2D eigenvalue weighted by Crippen LogP contribution is 2.26. The Kier molecular flexibility index (Phi) is 5.03. The largest absolute Gasteiger partial charge is 0.368 e. The quantitative estimate of drug-likeness (QED) is 0.807. The lowest BCUT2D eigenvalue weighted by Crippen LogP contribution is -2.49. The van der Waals surface area contributed by atoms with Gasteiger partial charge in [0, 0.05) is 17.3 Å². The van der Waals surface area contributed by atoms with Crippen molar-refractivity contribution in [1.29, 1.82) is 0 Å². The van der Waals surface area contributed by atoms with Crippen molar-refractivity contribution in [3.8, 4) is 0 Å². The van der Waals surface area contributed by atoms with Gasteiger partial charge in [0.25, 0.3) is 0 Å². The number of fused-ring (bicyclic) bond motifs is 1. The van der Waals surface area contributed by atoms with Crippen LogP contribution >= 0.6 is 11.6 Å². The molecule has 1 aromatic rings. The van der Waals surface area contributed by atoms with Gasteiger partial charge in [0.2, 0.25) is 5.91 Å². The van der Waals surface area contributed by atoms with Crippen LogP contribution in [0.3, 0.4) is 0 Å². The fourth-order valence-electron chi connectivity index (χ4n) is 2.48. The average Bonchev–Trinajstić information content (AvgIpc) is 2.58. The van der Waals surface area contributed by atoms with Crippen molar-refractivity contribution in [3.05, 3.63) is 28.8 Å². The Morgan fingerprint density at radius 2 is 2.18 bits per heavy atom. The fraction of sp³-hybridized carbons (Fsp3) is 0.400. The summed E-state index contributed by atoms with van der Waals surface area (Å²) in [5.74, 6) is -2.14. The minimum Gasteiger partial charge on any atom is -0.368 e. The van der Waals surface area contributed by atoms with Crippen molar-refractivity contribution in [2.24, 2.45) is 5.73 Å². The van der Waals surface area contributed by atoms with E-state index in [0.29, 0.717) is 22.7 Å². The van der Waals surface area contributed by atoms with E-state index < -0.39 is 23.8 Å². The Morgan fingerprint density at radius 3 is 2.82 bits per heavy atom. The zero-order chi connectivity index (χ0) is 16.3. The van der Waals surface area contributed by atoms with E-state index in [4.69, 9.17) is 17.3 Å². The Hall–Kier alpha value is -2.08. The van der Waals surface area contributed by atoms with Gasteiger partial charge in [0.1, 0.15) is 6.04 Å². The number of nitrogens with zero attached hydrogens (tertiary/aromatic N) is 1. The molecule has 0 saturated carbocycles. The van der Waals surface area contributed by atoms with Crippen LogP contribution in [0, 0.1) is 0 Å². The molecule has 1 aliphatic heterocycles. The van der Waals surface area contributed by atoms with Gasteiger partial charge in [-0.3, -0.25) is 14.4 Å². The number of hydrogen-bond acceptors (Lipinski definition) is 3. The van der Waals surface area contributed by atoms with Crippen LogP contribution in [0.15, 0.2) is 18.2 Å². The minimum absolute atomic E-state index is 0.116. The highest BCUT2D eigenvalue weighted by Gasteiger charge is 2.34. The molecule has 1 atom stereocenters. The molecule has 0 fully saturated rings. The van der Waals surface area contributed by atoms with Gasteiger partial charge in [-0.2, -0.15) is 0 Å². The van der Waals surface area contributed by atoms with Crippen LogP contribution in [-0.4, -0.2) is 28.7 Å². The summed E-state index contributed by atoms with van der Waals surface area (Å²) in [6.07, 6.45) is 2.03. The zero-order valence-electron chi connectivity index (χ0n) is 12.3. The number of nitrogens with one attached hydrogen (secondary N) is 1. The Morgan fingerprint density at radius 1 is 1.45 bits per heavy atom. The van der Waals surface area contributed by atoms with Crippen LogP contribution < -0.4 is 11.1 Å². The van der Waals surface area contributed by atoms with Gasteiger partial charge in [-0.15, -0.1) is 0 Å². The van der Waals surface area contributed by atoms with Crippen molar-refractivity contribution in [2.75, 3.05) is 5.32 Å². The van der Waals surface area contributed by atoms with E-state index in [1.807, 2.05) is 6.92 Å². The van der Waals surface area contributed by atoms with E-state index in [0.717, 1.165) is 12.8 Å². The minimum atomic E-state index is -0.803. The molecule has 0 aromatic heterocycles. The highest BCUT2D eigenvalue weighted by molar-refractivity contribution is 6.40. The molecule has 3 N–H and O–H groups in total. The maximum absolute atomic E-state index is 12.3. The Labute approximate surface area is 133 Å². The number of anilines is 1. The first-order valence-electron chi connectivity index (χ1n) is 7.13. The van der Waals surface area contributed by atoms with Crippen molar-refractivity contribution < 1.29 is 14.4 Å². The molecule has 0 radical (unpaired) electrons. The SMILES string of the molecule is CCCC[C@H](C(N)=O)N1Cc2cc(Cl)ccc2NC(=O)C1=O. The van der Waals surface area contributed by atoms with Crippen molar-refractivity contribution in [1.82, 2.24) is 4.90 Å². The molecule has 1 aromatic carbocycles. The van der Waals surface area contributed by atoms with Gasteiger partial charge in [-0.25, -0.2) is 0 Å². The molecule has 2 rings (SSSR count). The van der Waals surface area contributed by atoms with Gasteiger partial charge >= 0.3 is 11.8 Å². The molecule has 3 amide bonds. The molecular weight excluding hydrogens is 306 g/mol. The number of amides is 3. The smallest absolute Gasteiger partial charge is 0.313 e. The number of primary amides is 1. The summed E-state index contributed by atoms with van der Waals surface area (Å²) in [6.45, 7) is 2.09. The summed E-state index contributed by atoms with van der Waals surface area (Å²) in [4.78, 5) is 37.2. The topological polar surface area (TPSA) is 92.5 Å². The number of hydrogen-bond donors (Lipinski definition) is 2. The lowest BCUT2D eigenvalue weighted by Gasteiger charge is -2.27. The average molecular weight is 324 g/mol. The fourth-order valence-corrected chi connectivity index (χ4v) is 2.67. The van der Waals surface area contributed by atoms with E-state index in [2.05, 4.69) is 5.32 Å². The number of carbonyl (C=O) groups is 3. The van der Waals surface area contributed by atoms with Crippen LogP contribution in [0.25, 0.3) is 0 Å². The van der Waals surface area contributed by atoms with Gasteiger partial charge in [0.05, 0.1) is 0 Å². The lowest BCUT2D eigenvalue weighted by molar-refractivity contribution is -0.147. The van der Waals surface area contributed by atoms with Crippen molar-refractivity contribution in [2.45, 2.75) is 38.8 Å². The monoisotopic (exact) mass is 323 g/mol. The Balaban J connectivity index is 2.38. The third kappa shape index (κ3) is 3.39. The third-order valence-electron chi connectivity index (χ3n) is 3.65. The summed E-state index contributed by atoms with van der Waals surface area (Å²) in [7, 11) is 0. The second-order valence-corrected chi connectivity index (χ2v) is 5.69. The first kappa shape index (κ1) is 16.3.